The van der Waals surface area contributed by atoms with Crippen molar-refractivity contribution in [2.75, 3.05) is 20.1 Å². The van der Waals surface area contributed by atoms with Crippen molar-refractivity contribution in [1.29, 1.82) is 0 Å². The Morgan fingerprint density at radius 1 is 1.23 bits per heavy atom. The van der Waals surface area contributed by atoms with E-state index in [1.807, 2.05) is 7.05 Å². The summed E-state index contributed by atoms with van der Waals surface area (Å²) in [6.45, 7) is 0.723. The Balaban J connectivity index is 1.68. The fourth-order valence-electron chi connectivity index (χ4n) is 4.30. The number of likely N-dealkylation sites (tertiary alicyclic amines) is 1. The number of nitrogens with zero attached hydrogens (tertiary/aromatic N) is 2. The van der Waals surface area contributed by atoms with Crippen LogP contribution in [0.5, 0.6) is 0 Å². The summed E-state index contributed by atoms with van der Waals surface area (Å²) in [6.07, 6.45) is 6.87. The van der Waals surface area contributed by atoms with E-state index in [0.29, 0.717) is 32.0 Å². The van der Waals surface area contributed by atoms with Crippen LogP contribution in [0, 0.1) is 11.6 Å². The quantitative estimate of drug-likeness (QED) is 0.871. The smallest absolute Gasteiger partial charge is 0.256 e. The van der Waals surface area contributed by atoms with E-state index >= 15 is 0 Å². The van der Waals surface area contributed by atoms with Crippen LogP contribution in [0.25, 0.3) is 0 Å². The van der Waals surface area contributed by atoms with Crippen molar-refractivity contribution in [3.05, 3.63) is 35.4 Å². The summed E-state index contributed by atoms with van der Waals surface area (Å²) in [7, 11) is 1.96. The van der Waals surface area contributed by atoms with Crippen LogP contribution in [0.15, 0.2) is 18.2 Å². The van der Waals surface area contributed by atoms with Gasteiger partial charge in [-0.15, -0.1) is 0 Å². The molecule has 1 aromatic rings. The molecule has 26 heavy (non-hydrogen) atoms. The maximum atomic E-state index is 13.9. The number of likely N-dealkylation sites (N-methyl/N-ethyl adjacent to an activating group) is 1. The van der Waals surface area contributed by atoms with Gasteiger partial charge in [0.25, 0.3) is 5.91 Å². The van der Waals surface area contributed by atoms with Crippen LogP contribution in [0.4, 0.5) is 8.78 Å². The standard InChI is InChI=1S/C20H28F2N2O2/c1-23(16-8-3-2-4-9-16)14-20(26)11-6-12-24(19(20)25)13-15-7-5-10-17(21)18(15)22/h5,7,10,16,26H,2-4,6,8-9,11-14H2,1H3/t20-/m1/s1. The average Bonchev–Trinajstić information content (AvgIpc) is 2.63. The first-order chi connectivity index (χ1) is 12.4. The van der Waals surface area contributed by atoms with Gasteiger partial charge < -0.3 is 14.9 Å². The van der Waals surface area contributed by atoms with Crippen molar-refractivity contribution in [1.82, 2.24) is 9.80 Å². The van der Waals surface area contributed by atoms with E-state index in [4.69, 9.17) is 0 Å². The zero-order valence-corrected chi connectivity index (χ0v) is 15.4. The minimum atomic E-state index is -1.45. The summed E-state index contributed by atoms with van der Waals surface area (Å²) >= 11 is 0. The van der Waals surface area contributed by atoms with E-state index in [0.717, 1.165) is 18.9 Å². The lowest BCUT2D eigenvalue weighted by Crippen LogP contribution is -2.59. The summed E-state index contributed by atoms with van der Waals surface area (Å²) < 4.78 is 27.4. The Labute approximate surface area is 153 Å². The third-order valence-corrected chi connectivity index (χ3v) is 5.81. The molecule has 0 spiro atoms. The van der Waals surface area contributed by atoms with Gasteiger partial charge in [0.1, 0.15) is 0 Å². The minimum absolute atomic E-state index is 0.0160. The molecular weight excluding hydrogens is 338 g/mol. The van der Waals surface area contributed by atoms with Gasteiger partial charge in [-0.1, -0.05) is 31.4 Å². The van der Waals surface area contributed by atoms with Crippen LogP contribution < -0.4 is 0 Å². The average molecular weight is 366 g/mol. The molecule has 1 N–H and O–H groups in total. The maximum absolute atomic E-state index is 13.9. The number of aliphatic hydroxyl groups is 1. The predicted molar refractivity (Wildman–Crippen MR) is 95.5 cm³/mol. The first kappa shape index (κ1) is 19.2. The molecule has 0 radical (unpaired) electrons. The molecule has 144 valence electrons. The number of carbonyl (C=O) groups is 1. The van der Waals surface area contributed by atoms with Crippen LogP contribution in [-0.4, -0.2) is 52.6 Å². The lowest BCUT2D eigenvalue weighted by atomic mass is 9.88. The molecule has 4 nitrogen and oxygen atoms in total. The zero-order chi connectivity index (χ0) is 18.7. The number of amides is 1. The van der Waals surface area contributed by atoms with Gasteiger partial charge in [0.2, 0.25) is 0 Å². The van der Waals surface area contributed by atoms with Crippen LogP contribution in [0.2, 0.25) is 0 Å². The molecule has 1 saturated carbocycles. The van der Waals surface area contributed by atoms with E-state index in [9.17, 15) is 18.7 Å². The van der Waals surface area contributed by atoms with Crippen molar-refractivity contribution < 1.29 is 18.7 Å². The Hall–Kier alpha value is -1.53. The van der Waals surface area contributed by atoms with E-state index in [1.54, 1.807) is 0 Å². The second-order valence-corrected chi connectivity index (χ2v) is 7.78. The molecule has 3 rings (SSSR count). The summed E-state index contributed by atoms with van der Waals surface area (Å²) in [5, 5.41) is 11.0. The number of hydrogen-bond donors (Lipinski definition) is 1. The Kier molecular flexibility index (Phi) is 5.92. The highest BCUT2D eigenvalue weighted by atomic mass is 19.2. The number of rotatable bonds is 5. The first-order valence-electron chi connectivity index (χ1n) is 9.55. The number of benzene rings is 1. The highest BCUT2D eigenvalue weighted by Crippen LogP contribution is 2.29. The summed E-state index contributed by atoms with van der Waals surface area (Å²) in [5.41, 5.74) is -1.31. The van der Waals surface area contributed by atoms with Gasteiger partial charge in [-0.3, -0.25) is 4.79 Å². The molecule has 1 aliphatic carbocycles. The predicted octanol–water partition coefficient (Wildman–Crippen LogP) is 3.08. The normalized spacial score (nSPS) is 25.1. The molecule has 0 bridgehead atoms. The molecule has 2 fully saturated rings. The summed E-state index contributed by atoms with van der Waals surface area (Å²) in [4.78, 5) is 16.5. The molecule has 0 aromatic heterocycles. The molecule has 2 aliphatic rings. The van der Waals surface area contributed by atoms with E-state index in [1.165, 1.54) is 36.3 Å². The summed E-state index contributed by atoms with van der Waals surface area (Å²) in [5.74, 6) is -2.22. The monoisotopic (exact) mass is 366 g/mol. The number of piperidine rings is 1. The van der Waals surface area contributed by atoms with Gasteiger partial charge in [0, 0.05) is 31.2 Å². The molecule has 1 heterocycles. The van der Waals surface area contributed by atoms with Gasteiger partial charge >= 0.3 is 0 Å². The van der Waals surface area contributed by atoms with Crippen LogP contribution in [0.3, 0.4) is 0 Å². The minimum Gasteiger partial charge on any atom is -0.379 e. The Bertz CT molecular complexity index is 649. The fourth-order valence-corrected chi connectivity index (χ4v) is 4.30. The largest absolute Gasteiger partial charge is 0.379 e. The SMILES string of the molecule is CN(C[C@]1(O)CCCN(Cc2cccc(F)c2F)C1=O)C1CCCCC1. The van der Waals surface area contributed by atoms with E-state index in [-0.39, 0.29) is 18.0 Å². The molecule has 1 atom stereocenters. The second-order valence-electron chi connectivity index (χ2n) is 7.78. The van der Waals surface area contributed by atoms with Gasteiger partial charge in [-0.25, -0.2) is 8.78 Å². The Morgan fingerprint density at radius 2 is 1.96 bits per heavy atom. The van der Waals surface area contributed by atoms with Crippen LogP contribution in [0.1, 0.15) is 50.5 Å². The zero-order valence-electron chi connectivity index (χ0n) is 15.4. The van der Waals surface area contributed by atoms with Crippen molar-refractivity contribution in [2.24, 2.45) is 0 Å². The number of carbonyl (C=O) groups excluding carboxylic acids is 1. The highest BCUT2D eigenvalue weighted by Gasteiger charge is 2.43. The number of hydrogen-bond acceptors (Lipinski definition) is 3. The lowest BCUT2D eigenvalue weighted by molar-refractivity contribution is -0.160. The van der Waals surface area contributed by atoms with Crippen molar-refractivity contribution in [2.45, 2.75) is 63.1 Å². The van der Waals surface area contributed by atoms with E-state index < -0.39 is 17.2 Å². The third-order valence-electron chi connectivity index (χ3n) is 5.81. The van der Waals surface area contributed by atoms with Gasteiger partial charge in [0.05, 0.1) is 0 Å². The highest BCUT2D eigenvalue weighted by molar-refractivity contribution is 5.86. The fraction of sp³-hybridized carbons (Fsp3) is 0.650. The summed E-state index contributed by atoms with van der Waals surface area (Å²) in [6, 6.07) is 4.38. The van der Waals surface area contributed by atoms with Crippen molar-refractivity contribution >= 4 is 5.91 Å². The van der Waals surface area contributed by atoms with Crippen molar-refractivity contribution in [3.63, 3.8) is 0 Å². The molecule has 6 heteroatoms. The van der Waals surface area contributed by atoms with Crippen LogP contribution >= 0.6 is 0 Å². The third kappa shape index (κ3) is 4.07. The first-order valence-corrected chi connectivity index (χ1v) is 9.55. The molecule has 1 amide bonds. The topological polar surface area (TPSA) is 43.8 Å². The van der Waals surface area contributed by atoms with Gasteiger partial charge in [-0.2, -0.15) is 0 Å². The Morgan fingerprint density at radius 3 is 2.69 bits per heavy atom. The molecule has 1 aliphatic heterocycles. The van der Waals surface area contributed by atoms with Crippen LogP contribution in [-0.2, 0) is 11.3 Å². The molecule has 1 saturated heterocycles. The lowest BCUT2D eigenvalue weighted by Gasteiger charge is -2.42. The molecule has 0 unspecified atom stereocenters. The van der Waals surface area contributed by atoms with Gasteiger partial charge in [-0.05, 0) is 38.8 Å². The number of halogens is 2. The second kappa shape index (κ2) is 8.01. The van der Waals surface area contributed by atoms with Crippen molar-refractivity contribution in [3.8, 4) is 0 Å². The van der Waals surface area contributed by atoms with Gasteiger partial charge in [0.15, 0.2) is 17.2 Å². The maximum Gasteiger partial charge on any atom is 0.256 e. The molecule has 1 aromatic carbocycles. The van der Waals surface area contributed by atoms with E-state index in [2.05, 4.69) is 4.90 Å². The molecular formula is C20H28F2N2O2.